The molecule has 0 saturated heterocycles. The molecule has 0 aliphatic carbocycles. The second kappa shape index (κ2) is 9.21. The Labute approximate surface area is 279 Å². The normalized spacial score (nSPS) is 15.0. The van der Waals surface area contributed by atoms with Gasteiger partial charge < -0.3 is 14.0 Å². The number of hydrogen-bond donors (Lipinski definition) is 0. The summed E-state index contributed by atoms with van der Waals surface area (Å²) in [5, 5.41) is 5.19. The predicted molar refractivity (Wildman–Crippen MR) is 199 cm³/mol. The van der Waals surface area contributed by atoms with E-state index in [9.17, 15) is 0 Å². The van der Waals surface area contributed by atoms with Crippen molar-refractivity contribution in [2.24, 2.45) is 0 Å². The highest BCUT2D eigenvalue weighted by atomic mass is 32.3. The number of nitrogens with zero attached hydrogens (tertiary/aromatic N) is 2. The monoisotopic (exact) mass is 634 g/mol. The summed E-state index contributed by atoms with van der Waals surface area (Å²) < 4.78 is 9.13. The van der Waals surface area contributed by atoms with E-state index in [0.717, 1.165) is 17.2 Å². The summed E-state index contributed by atoms with van der Waals surface area (Å²) in [6.45, 7) is 4.44. The molecule has 1 spiro atoms. The number of anilines is 3. The van der Waals surface area contributed by atoms with Crippen LogP contribution in [0.3, 0.4) is 0 Å². The third-order valence-electron chi connectivity index (χ3n) is 10.4. The van der Waals surface area contributed by atoms with Crippen molar-refractivity contribution < 1.29 is 4.74 Å². The summed E-state index contributed by atoms with van der Waals surface area (Å²) in [5.41, 5.74) is 9.89. The Morgan fingerprint density at radius 2 is 1.02 bits per heavy atom. The van der Waals surface area contributed by atoms with Crippen LogP contribution in [0.5, 0.6) is 11.5 Å². The largest absolute Gasteiger partial charge is 0.455 e. The van der Waals surface area contributed by atoms with E-state index in [2.05, 4.69) is 169 Å². The van der Waals surface area contributed by atoms with Crippen LogP contribution in [0.15, 0.2) is 165 Å². The zero-order valence-corrected chi connectivity index (χ0v) is 27.4. The van der Waals surface area contributed by atoms with Gasteiger partial charge in [0.2, 0.25) is 0 Å². The molecule has 0 saturated carbocycles. The predicted octanol–water partition coefficient (Wildman–Crippen LogP) is 12.7. The Morgan fingerprint density at radius 1 is 0.458 bits per heavy atom. The molecule has 0 fully saturated rings. The molecule has 7 aromatic carbocycles. The average molecular weight is 635 g/mol. The van der Waals surface area contributed by atoms with Crippen molar-refractivity contribution in [3.63, 3.8) is 0 Å². The van der Waals surface area contributed by atoms with Gasteiger partial charge >= 0.3 is 0 Å². The van der Waals surface area contributed by atoms with Crippen LogP contribution in [0.25, 0.3) is 38.1 Å². The third-order valence-corrected chi connectivity index (χ3v) is 14.4. The van der Waals surface area contributed by atoms with E-state index in [-0.39, 0.29) is 0 Å². The molecular weight excluding hydrogens is 605 g/mol. The summed E-state index contributed by atoms with van der Waals surface area (Å²) >= 11 is 0. The Kier molecular flexibility index (Phi) is 5.06. The van der Waals surface area contributed by atoms with Crippen molar-refractivity contribution in [1.29, 1.82) is 0 Å². The molecule has 11 rings (SSSR count). The highest BCUT2D eigenvalue weighted by molar-refractivity contribution is 8.34. The van der Waals surface area contributed by atoms with E-state index < -0.39 is 10.0 Å². The second-order valence-corrected chi connectivity index (χ2v) is 16.1. The highest BCUT2D eigenvalue weighted by Crippen LogP contribution is 2.83. The van der Waals surface area contributed by atoms with Gasteiger partial charge in [0, 0.05) is 46.8 Å². The van der Waals surface area contributed by atoms with Crippen LogP contribution in [0.4, 0.5) is 17.1 Å². The van der Waals surface area contributed by atoms with Crippen LogP contribution in [0.2, 0.25) is 0 Å². The molecular formula is C44H30N2OS. The molecule has 2 aliphatic heterocycles. The summed E-state index contributed by atoms with van der Waals surface area (Å²) in [4.78, 5) is 7.72. The lowest BCUT2D eigenvalue weighted by molar-refractivity contribution is 0.452. The molecule has 3 nitrogen and oxygen atoms in total. The van der Waals surface area contributed by atoms with Crippen LogP contribution in [-0.4, -0.2) is 4.40 Å². The molecule has 0 N–H and O–H groups in total. The van der Waals surface area contributed by atoms with Crippen molar-refractivity contribution in [1.82, 2.24) is 4.40 Å². The number of benzene rings is 7. The first-order valence-electron chi connectivity index (χ1n) is 16.5. The Hall–Kier alpha value is -5.71. The van der Waals surface area contributed by atoms with Crippen molar-refractivity contribution in [2.45, 2.75) is 33.4 Å². The maximum Gasteiger partial charge on any atom is 0.140 e. The minimum absolute atomic E-state index is 0.943. The van der Waals surface area contributed by atoms with Gasteiger partial charge in [-0.1, -0.05) is 78.9 Å². The van der Waals surface area contributed by atoms with E-state index in [4.69, 9.17) is 4.74 Å². The van der Waals surface area contributed by atoms with E-state index in [1.807, 2.05) is 0 Å². The average Bonchev–Trinajstić information content (AvgIpc) is 3.64. The molecule has 0 radical (unpaired) electrons. The van der Waals surface area contributed by atoms with Gasteiger partial charge in [0.25, 0.3) is 0 Å². The Bertz CT molecular complexity index is 2710. The maximum absolute atomic E-state index is 6.65. The second-order valence-electron chi connectivity index (χ2n) is 13.1. The summed E-state index contributed by atoms with van der Waals surface area (Å²) in [6, 6.07) is 54.1. The minimum Gasteiger partial charge on any atom is -0.455 e. The minimum atomic E-state index is -1.90. The van der Waals surface area contributed by atoms with Crippen molar-refractivity contribution in [3.8, 4) is 11.5 Å². The number of aromatic nitrogens is 1. The SMILES string of the molecule is Cc1ccc2c(c1)S1(c3ccccc3Oc3ccccc31)c1cc(C)ccc1N2c1ccc2c3cccc4c5ccccc5n(c2c1)c43. The van der Waals surface area contributed by atoms with Gasteiger partial charge in [-0.05, 0) is 91.7 Å². The molecule has 9 aromatic rings. The van der Waals surface area contributed by atoms with Gasteiger partial charge in [-0.2, -0.15) is 0 Å². The molecule has 4 heteroatoms. The van der Waals surface area contributed by atoms with Gasteiger partial charge in [0.1, 0.15) is 11.5 Å². The molecule has 0 amide bonds. The molecule has 2 aliphatic rings. The van der Waals surface area contributed by atoms with Crippen molar-refractivity contribution in [3.05, 3.63) is 157 Å². The van der Waals surface area contributed by atoms with Crippen LogP contribution in [0.1, 0.15) is 11.1 Å². The van der Waals surface area contributed by atoms with Crippen LogP contribution in [0, 0.1) is 13.8 Å². The number of rotatable bonds is 1. The quantitative estimate of drug-likeness (QED) is 0.179. The van der Waals surface area contributed by atoms with Crippen molar-refractivity contribution >= 4 is 65.2 Å². The fourth-order valence-electron chi connectivity index (χ4n) is 8.47. The van der Waals surface area contributed by atoms with Crippen molar-refractivity contribution in [2.75, 3.05) is 4.90 Å². The van der Waals surface area contributed by atoms with Crippen LogP contribution < -0.4 is 9.64 Å². The summed E-state index contributed by atoms with van der Waals surface area (Å²) in [6.07, 6.45) is 0. The number of aryl methyl sites for hydroxylation is 2. The molecule has 4 heterocycles. The Balaban J connectivity index is 1.27. The van der Waals surface area contributed by atoms with E-state index in [1.165, 1.54) is 80.2 Å². The smallest absolute Gasteiger partial charge is 0.140 e. The molecule has 2 aromatic heterocycles. The number of hydrogen-bond acceptors (Lipinski definition) is 2. The number of ether oxygens (including phenoxy) is 1. The van der Waals surface area contributed by atoms with Crippen LogP contribution >= 0.6 is 10.0 Å². The van der Waals surface area contributed by atoms with E-state index in [1.54, 1.807) is 0 Å². The zero-order chi connectivity index (χ0) is 31.7. The first-order valence-corrected chi connectivity index (χ1v) is 18.1. The third kappa shape index (κ3) is 3.16. The van der Waals surface area contributed by atoms with E-state index in [0.29, 0.717) is 0 Å². The molecule has 0 bridgehead atoms. The van der Waals surface area contributed by atoms with Gasteiger partial charge in [-0.25, -0.2) is 0 Å². The lowest BCUT2D eigenvalue weighted by Crippen LogP contribution is -2.23. The summed E-state index contributed by atoms with van der Waals surface area (Å²) in [5.74, 6) is 1.89. The molecule has 228 valence electrons. The highest BCUT2D eigenvalue weighted by Gasteiger charge is 2.47. The first-order chi connectivity index (χ1) is 23.6. The lowest BCUT2D eigenvalue weighted by Gasteiger charge is -2.52. The number of fused-ring (bicyclic) bond motifs is 14. The first kappa shape index (κ1) is 26.4. The standard InChI is InChI=1S/C44H30N2OS/c1-27-18-22-35-42(24-27)48(40-16-7-5-14-38(40)47-39-15-6-8-17-41(39)48)43-25-28(2)19-23-36(43)45(35)29-20-21-31-33-12-9-11-32-30-10-3-4-13-34(30)46(44(32)33)37(31)26-29/h3-26H,1-2H3. The fraction of sp³-hybridized carbons (Fsp3) is 0.0455. The molecule has 0 atom stereocenters. The zero-order valence-electron chi connectivity index (χ0n) is 26.6. The molecule has 48 heavy (non-hydrogen) atoms. The molecule has 0 unspecified atom stereocenters. The van der Waals surface area contributed by atoms with E-state index >= 15 is 0 Å². The topological polar surface area (TPSA) is 16.9 Å². The van der Waals surface area contributed by atoms with Gasteiger partial charge in [0.05, 0.1) is 27.9 Å². The van der Waals surface area contributed by atoms with Crippen LogP contribution in [-0.2, 0) is 0 Å². The lowest BCUT2D eigenvalue weighted by atomic mass is 10.1. The maximum atomic E-state index is 6.65. The Morgan fingerprint density at radius 3 is 1.69 bits per heavy atom. The summed E-state index contributed by atoms with van der Waals surface area (Å²) in [7, 11) is -1.90. The van der Waals surface area contributed by atoms with Gasteiger partial charge in [0.15, 0.2) is 0 Å². The van der Waals surface area contributed by atoms with Gasteiger partial charge in [-0.15, -0.1) is 10.0 Å². The number of para-hydroxylation sites is 4. The van der Waals surface area contributed by atoms with Gasteiger partial charge in [-0.3, -0.25) is 0 Å². The fourth-order valence-corrected chi connectivity index (χ4v) is 13.0.